The standard InChI is InChI=1S/C6H13F2N/c1-2-5(4-9)3-6(7)8/h5-6H,2-4,9H2,1H3/t5-/m1/s1. The van der Waals surface area contributed by atoms with E-state index in [1.54, 1.807) is 0 Å². The van der Waals surface area contributed by atoms with E-state index in [0.717, 1.165) is 6.42 Å². The van der Waals surface area contributed by atoms with E-state index in [2.05, 4.69) is 0 Å². The zero-order valence-electron chi connectivity index (χ0n) is 5.61. The zero-order chi connectivity index (χ0) is 7.28. The summed E-state index contributed by atoms with van der Waals surface area (Å²) in [6.07, 6.45) is -1.49. The molecule has 1 nitrogen and oxygen atoms in total. The maximum atomic E-state index is 11.6. The lowest BCUT2D eigenvalue weighted by Crippen LogP contribution is -2.16. The maximum Gasteiger partial charge on any atom is 0.238 e. The molecule has 3 heteroatoms. The van der Waals surface area contributed by atoms with Gasteiger partial charge in [0, 0.05) is 6.42 Å². The molecular formula is C6H13F2N. The second-order valence-electron chi connectivity index (χ2n) is 2.14. The lowest BCUT2D eigenvalue weighted by molar-refractivity contribution is 0.115. The van der Waals surface area contributed by atoms with Gasteiger partial charge in [-0.05, 0) is 12.5 Å². The molecule has 0 rings (SSSR count). The predicted molar refractivity (Wildman–Crippen MR) is 33.5 cm³/mol. The summed E-state index contributed by atoms with van der Waals surface area (Å²) >= 11 is 0. The molecule has 0 heterocycles. The third kappa shape index (κ3) is 4.33. The molecule has 0 aliphatic rings. The Kier molecular flexibility index (Phi) is 4.58. The number of rotatable bonds is 4. The second kappa shape index (κ2) is 4.68. The van der Waals surface area contributed by atoms with Crippen LogP contribution in [-0.4, -0.2) is 13.0 Å². The van der Waals surface area contributed by atoms with Crippen molar-refractivity contribution in [2.24, 2.45) is 11.7 Å². The second-order valence-corrected chi connectivity index (χ2v) is 2.14. The fourth-order valence-electron chi connectivity index (χ4n) is 0.682. The lowest BCUT2D eigenvalue weighted by Gasteiger charge is -2.09. The largest absolute Gasteiger partial charge is 0.330 e. The van der Waals surface area contributed by atoms with Crippen LogP contribution >= 0.6 is 0 Å². The van der Waals surface area contributed by atoms with Crippen molar-refractivity contribution in [3.8, 4) is 0 Å². The molecule has 1 atom stereocenters. The van der Waals surface area contributed by atoms with E-state index in [1.165, 1.54) is 0 Å². The van der Waals surface area contributed by atoms with E-state index in [0.29, 0.717) is 6.54 Å². The van der Waals surface area contributed by atoms with Gasteiger partial charge in [-0.15, -0.1) is 0 Å². The van der Waals surface area contributed by atoms with Gasteiger partial charge in [0.1, 0.15) is 0 Å². The van der Waals surface area contributed by atoms with Gasteiger partial charge in [0.15, 0.2) is 0 Å². The van der Waals surface area contributed by atoms with Gasteiger partial charge < -0.3 is 5.73 Å². The average molecular weight is 137 g/mol. The lowest BCUT2D eigenvalue weighted by atomic mass is 10.0. The minimum Gasteiger partial charge on any atom is -0.330 e. The van der Waals surface area contributed by atoms with Crippen LogP contribution in [0.4, 0.5) is 8.78 Å². The van der Waals surface area contributed by atoms with Crippen LogP contribution < -0.4 is 5.73 Å². The molecule has 0 aliphatic carbocycles. The van der Waals surface area contributed by atoms with Gasteiger partial charge in [-0.3, -0.25) is 0 Å². The Morgan fingerprint density at radius 3 is 2.11 bits per heavy atom. The highest BCUT2D eigenvalue weighted by Gasteiger charge is 2.10. The van der Waals surface area contributed by atoms with Gasteiger partial charge in [0.05, 0.1) is 0 Å². The van der Waals surface area contributed by atoms with Gasteiger partial charge in [-0.2, -0.15) is 0 Å². The molecule has 0 aliphatic heterocycles. The normalized spacial score (nSPS) is 14.3. The molecule has 0 amide bonds. The van der Waals surface area contributed by atoms with Crippen molar-refractivity contribution in [3.05, 3.63) is 0 Å². The summed E-state index contributed by atoms with van der Waals surface area (Å²) in [5.41, 5.74) is 5.20. The Morgan fingerprint density at radius 2 is 2.00 bits per heavy atom. The molecule has 2 N–H and O–H groups in total. The first kappa shape index (κ1) is 8.82. The zero-order valence-corrected chi connectivity index (χ0v) is 5.61. The summed E-state index contributed by atoms with van der Waals surface area (Å²) in [7, 11) is 0. The van der Waals surface area contributed by atoms with E-state index in [4.69, 9.17) is 5.73 Å². The van der Waals surface area contributed by atoms with Crippen molar-refractivity contribution in [2.75, 3.05) is 6.54 Å². The fraction of sp³-hybridized carbons (Fsp3) is 1.00. The van der Waals surface area contributed by atoms with Crippen LogP contribution in [-0.2, 0) is 0 Å². The SMILES string of the molecule is CC[C@@H](CN)CC(F)F. The first-order valence-electron chi connectivity index (χ1n) is 3.18. The summed E-state index contributed by atoms with van der Waals surface area (Å²) in [5, 5.41) is 0. The van der Waals surface area contributed by atoms with E-state index < -0.39 is 6.43 Å². The minimum atomic E-state index is -2.20. The van der Waals surface area contributed by atoms with Crippen LogP contribution in [0.5, 0.6) is 0 Å². The molecule has 0 spiro atoms. The number of hydrogen-bond donors (Lipinski definition) is 1. The van der Waals surface area contributed by atoms with Crippen LogP contribution in [0, 0.1) is 5.92 Å². The quantitative estimate of drug-likeness (QED) is 0.626. The van der Waals surface area contributed by atoms with Gasteiger partial charge >= 0.3 is 0 Å². The van der Waals surface area contributed by atoms with Crippen LogP contribution in [0.2, 0.25) is 0 Å². The minimum absolute atomic E-state index is 0.00463. The fourth-order valence-corrected chi connectivity index (χ4v) is 0.682. The molecule has 0 bridgehead atoms. The maximum absolute atomic E-state index is 11.6. The monoisotopic (exact) mass is 137 g/mol. The van der Waals surface area contributed by atoms with Gasteiger partial charge in [-0.25, -0.2) is 8.78 Å². The summed E-state index contributed by atoms with van der Waals surface area (Å²) in [6.45, 7) is 2.25. The topological polar surface area (TPSA) is 26.0 Å². The molecule has 0 aromatic rings. The van der Waals surface area contributed by atoms with Crippen molar-refractivity contribution in [1.82, 2.24) is 0 Å². The first-order valence-corrected chi connectivity index (χ1v) is 3.18. The van der Waals surface area contributed by atoms with Gasteiger partial charge in [0.2, 0.25) is 6.43 Å². The van der Waals surface area contributed by atoms with E-state index in [1.807, 2.05) is 6.92 Å². The summed E-state index contributed by atoms with van der Waals surface area (Å²) in [4.78, 5) is 0. The van der Waals surface area contributed by atoms with E-state index in [-0.39, 0.29) is 12.3 Å². The highest BCUT2D eigenvalue weighted by molar-refractivity contribution is 4.57. The van der Waals surface area contributed by atoms with Gasteiger partial charge in [0.25, 0.3) is 0 Å². The molecule has 0 fully saturated rings. The highest BCUT2D eigenvalue weighted by Crippen LogP contribution is 2.11. The van der Waals surface area contributed by atoms with Crippen LogP contribution in [0.25, 0.3) is 0 Å². The van der Waals surface area contributed by atoms with Crippen LogP contribution in [0.15, 0.2) is 0 Å². The van der Waals surface area contributed by atoms with Crippen molar-refractivity contribution in [1.29, 1.82) is 0 Å². The van der Waals surface area contributed by atoms with E-state index in [9.17, 15) is 8.78 Å². The first-order chi connectivity index (χ1) is 4.20. The molecule has 0 saturated heterocycles. The number of halogens is 2. The highest BCUT2D eigenvalue weighted by atomic mass is 19.3. The Balaban J connectivity index is 3.31. The molecule has 0 aromatic carbocycles. The number of hydrogen-bond acceptors (Lipinski definition) is 1. The van der Waals surface area contributed by atoms with Crippen molar-refractivity contribution in [3.63, 3.8) is 0 Å². The molecule has 56 valence electrons. The smallest absolute Gasteiger partial charge is 0.238 e. The number of nitrogens with two attached hydrogens (primary N) is 1. The van der Waals surface area contributed by atoms with E-state index >= 15 is 0 Å². The molecule has 0 unspecified atom stereocenters. The Morgan fingerprint density at radius 1 is 1.44 bits per heavy atom. The summed E-state index contributed by atoms with van der Waals surface area (Å²) in [5.74, 6) is 0.00463. The van der Waals surface area contributed by atoms with Crippen molar-refractivity contribution < 1.29 is 8.78 Å². The predicted octanol–water partition coefficient (Wildman–Crippen LogP) is 1.63. The molecule has 0 aromatic heterocycles. The van der Waals surface area contributed by atoms with Crippen LogP contribution in [0.3, 0.4) is 0 Å². The molecular weight excluding hydrogens is 124 g/mol. The molecule has 0 radical (unpaired) electrons. The average Bonchev–Trinajstić information content (AvgIpc) is 1.82. The van der Waals surface area contributed by atoms with Gasteiger partial charge in [-0.1, -0.05) is 13.3 Å². The summed E-state index contributed by atoms with van der Waals surface area (Å²) < 4.78 is 23.2. The third-order valence-corrected chi connectivity index (χ3v) is 1.42. The van der Waals surface area contributed by atoms with Crippen molar-refractivity contribution in [2.45, 2.75) is 26.2 Å². The number of alkyl halides is 2. The Hall–Kier alpha value is -0.180. The van der Waals surface area contributed by atoms with Crippen LogP contribution in [0.1, 0.15) is 19.8 Å². The Bertz CT molecular complexity index is 62.1. The summed E-state index contributed by atoms with van der Waals surface area (Å²) in [6, 6.07) is 0. The van der Waals surface area contributed by atoms with Crippen molar-refractivity contribution >= 4 is 0 Å². The Labute approximate surface area is 54.2 Å². The molecule has 0 saturated carbocycles. The molecule has 9 heavy (non-hydrogen) atoms. The third-order valence-electron chi connectivity index (χ3n) is 1.42.